The summed E-state index contributed by atoms with van der Waals surface area (Å²) in [6.45, 7) is 0.955. The van der Waals surface area contributed by atoms with Crippen molar-refractivity contribution in [3.05, 3.63) is 82.8 Å². The number of terminal acetylenes is 1. The van der Waals surface area contributed by atoms with E-state index >= 15 is 0 Å². The van der Waals surface area contributed by atoms with Crippen molar-refractivity contribution in [3.63, 3.8) is 0 Å². The number of oxazole rings is 1. The van der Waals surface area contributed by atoms with E-state index in [4.69, 9.17) is 21.3 Å². The Balaban J connectivity index is 1.36. The van der Waals surface area contributed by atoms with Crippen LogP contribution in [0.3, 0.4) is 0 Å². The van der Waals surface area contributed by atoms with E-state index in [9.17, 15) is 27.9 Å². The zero-order valence-electron chi connectivity index (χ0n) is 23.7. The number of methoxy groups -OCH3 is 1. The molecule has 4 N–H and O–H groups in total. The first-order valence-corrected chi connectivity index (χ1v) is 13.9. The number of nitrogens with two attached hydrogens (primary N) is 1. The first kappa shape index (κ1) is 30.8. The van der Waals surface area contributed by atoms with E-state index < -0.39 is 41.9 Å². The van der Waals surface area contributed by atoms with Crippen molar-refractivity contribution >= 4 is 23.1 Å². The van der Waals surface area contributed by atoms with Crippen molar-refractivity contribution in [1.82, 2.24) is 15.2 Å². The molecule has 5 rings (SSSR count). The number of aromatic nitrogens is 1. The number of fused-ring (bicyclic) bond motifs is 1. The van der Waals surface area contributed by atoms with Crippen LogP contribution in [0.4, 0.5) is 13.2 Å². The van der Waals surface area contributed by atoms with E-state index in [2.05, 4.69) is 21.2 Å². The predicted octanol–water partition coefficient (Wildman–Crippen LogP) is 3.32. The summed E-state index contributed by atoms with van der Waals surface area (Å²) in [5.41, 5.74) is 6.27. The molecule has 10 nitrogen and oxygen atoms in total. The number of aliphatic hydroxyl groups is 1. The van der Waals surface area contributed by atoms with Gasteiger partial charge < -0.3 is 30.2 Å². The van der Waals surface area contributed by atoms with Crippen molar-refractivity contribution in [2.45, 2.75) is 43.8 Å². The van der Waals surface area contributed by atoms with Crippen molar-refractivity contribution in [3.8, 4) is 12.3 Å². The van der Waals surface area contributed by atoms with E-state index in [0.717, 1.165) is 6.08 Å². The Hall–Kier alpha value is -4.67. The lowest BCUT2D eigenvalue weighted by Crippen LogP contribution is -2.40. The predicted molar refractivity (Wildman–Crippen MR) is 154 cm³/mol. The fourth-order valence-electron chi connectivity index (χ4n) is 5.28. The van der Waals surface area contributed by atoms with Crippen LogP contribution in [0.2, 0.25) is 0 Å². The Morgan fingerprint density at radius 1 is 1.30 bits per heavy atom. The average molecular weight is 610 g/mol. The monoisotopic (exact) mass is 609 g/mol. The number of amides is 2. The number of likely N-dealkylation sites (tertiary alicyclic amines) is 1. The summed E-state index contributed by atoms with van der Waals surface area (Å²) < 4.78 is 51.3. The Labute approximate surface area is 251 Å². The van der Waals surface area contributed by atoms with Crippen LogP contribution in [0.15, 0.2) is 63.7 Å². The van der Waals surface area contributed by atoms with Gasteiger partial charge >= 0.3 is 6.18 Å². The Kier molecular flexibility index (Phi) is 8.75. The highest BCUT2D eigenvalue weighted by atomic mass is 19.4. The Bertz CT molecular complexity index is 1610. The molecule has 3 heterocycles. The molecule has 230 valence electrons. The number of aliphatic hydroxyl groups excluding tert-OH is 1. The van der Waals surface area contributed by atoms with E-state index in [1.54, 1.807) is 35.2 Å². The smallest absolute Gasteiger partial charge is 0.432 e. The van der Waals surface area contributed by atoms with E-state index in [1.165, 1.54) is 19.3 Å². The van der Waals surface area contributed by atoms with Crippen molar-refractivity contribution < 1.29 is 37.0 Å². The van der Waals surface area contributed by atoms with Gasteiger partial charge in [-0.2, -0.15) is 13.2 Å². The zero-order valence-corrected chi connectivity index (χ0v) is 23.7. The zero-order chi connectivity index (χ0) is 31.6. The third-order valence-electron chi connectivity index (χ3n) is 7.64. The number of nitrogens with one attached hydrogen (secondary N) is 1. The van der Waals surface area contributed by atoms with E-state index in [1.807, 2.05) is 0 Å². The molecule has 2 aliphatic heterocycles. The summed E-state index contributed by atoms with van der Waals surface area (Å²) in [7, 11) is 1.34. The SMILES string of the molecule is C#C[C@H](N)c1oc(C2=CC=C(OC)C3N=C(C(F)(F)F)C=CC23)nc1C(=O)NCc1cccc(C(=O)N2CCC(O)CC2)c1. The lowest BCUT2D eigenvalue weighted by atomic mass is 9.84. The second-order valence-electron chi connectivity index (χ2n) is 10.5. The molecule has 1 aliphatic carbocycles. The number of ether oxygens (including phenoxy) is 1. The van der Waals surface area contributed by atoms with Crippen LogP contribution in [-0.2, 0) is 11.3 Å². The van der Waals surface area contributed by atoms with Crippen molar-refractivity contribution in [2.24, 2.45) is 16.6 Å². The molecule has 3 aliphatic rings. The molecular formula is C31H30F3N5O5. The minimum atomic E-state index is -4.65. The first-order chi connectivity index (χ1) is 21.0. The highest BCUT2D eigenvalue weighted by Gasteiger charge is 2.42. The quantitative estimate of drug-likeness (QED) is 0.409. The number of nitrogens with zero attached hydrogens (tertiary/aromatic N) is 3. The summed E-state index contributed by atoms with van der Waals surface area (Å²) in [6, 6.07) is 4.65. The summed E-state index contributed by atoms with van der Waals surface area (Å²) in [5.74, 6) is 0.842. The standard InChI is InChI=1S/C31H30F3N5O5/c1-3-22(35)27-26(28(41)36-16-17-5-4-6-18(15-17)30(42)39-13-11-19(40)12-14-39)38-29(44-27)21-7-9-23(43-2)25-20(21)8-10-24(37-25)31(32,33)34/h1,4-10,15,19-20,22,25,40H,11-14,16,35H2,2H3,(H,36,41)/t20?,22-,25?/m0/s1. The maximum absolute atomic E-state index is 13.4. The molecule has 0 spiro atoms. The number of allylic oxidation sites excluding steroid dienone is 3. The molecule has 2 amide bonds. The number of dihydropyridines is 1. The fourth-order valence-corrected chi connectivity index (χ4v) is 5.28. The highest BCUT2D eigenvalue weighted by molar-refractivity contribution is 6.01. The summed E-state index contributed by atoms with van der Waals surface area (Å²) in [6.07, 6.45) is 6.76. The number of alkyl halides is 3. The second-order valence-corrected chi connectivity index (χ2v) is 10.5. The molecule has 2 aromatic rings. The number of benzene rings is 1. The van der Waals surface area contributed by atoms with Gasteiger partial charge in [0.25, 0.3) is 11.8 Å². The van der Waals surface area contributed by atoms with Gasteiger partial charge in [-0.15, -0.1) is 6.42 Å². The van der Waals surface area contributed by atoms with Gasteiger partial charge in [-0.1, -0.05) is 24.1 Å². The van der Waals surface area contributed by atoms with Gasteiger partial charge in [0.05, 0.1) is 13.2 Å². The van der Waals surface area contributed by atoms with Crippen LogP contribution >= 0.6 is 0 Å². The van der Waals surface area contributed by atoms with Crippen LogP contribution < -0.4 is 11.1 Å². The summed E-state index contributed by atoms with van der Waals surface area (Å²) in [5, 5.41) is 12.5. The fraction of sp³-hybridized carbons (Fsp3) is 0.355. The number of piperidine rings is 1. The average Bonchev–Trinajstić information content (AvgIpc) is 3.47. The lowest BCUT2D eigenvalue weighted by molar-refractivity contribution is -0.0583. The molecule has 0 saturated carbocycles. The normalized spacial score (nSPS) is 20.9. The molecule has 3 atom stereocenters. The second kappa shape index (κ2) is 12.5. The van der Waals surface area contributed by atoms with E-state index in [0.29, 0.717) is 42.6 Å². The minimum absolute atomic E-state index is 0.0383. The van der Waals surface area contributed by atoms with E-state index in [-0.39, 0.29) is 35.6 Å². The van der Waals surface area contributed by atoms with Crippen LogP contribution in [0, 0.1) is 18.3 Å². The molecule has 0 bridgehead atoms. The van der Waals surface area contributed by atoms with Crippen LogP contribution in [0.1, 0.15) is 56.9 Å². The maximum atomic E-state index is 13.4. The number of carbonyl (C=O) groups is 2. The maximum Gasteiger partial charge on any atom is 0.432 e. The van der Waals surface area contributed by atoms with Gasteiger partial charge in [-0.05, 0) is 48.8 Å². The van der Waals surface area contributed by atoms with Gasteiger partial charge in [0.2, 0.25) is 5.89 Å². The molecular weight excluding hydrogens is 579 g/mol. The van der Waals surface area contributed by atoms with Gasteiger partial charge in [0, 0.05) is 36.7 Å². The molecule has 1 aromatic carbocycles. The molecule has 1 fully saturated rings. The number of halogens is 3. The van der Waals surface area contributed by atoms with Gasteiger partial charge in [0.1, 0.15) is 23.6 Å². The van der Waals surface area contributed by atoms with Crippen LogP contribution in [0.5, 0.6) is 0 Å². The highest BCUT2D eigenvalue weighted by Crippen LogP contribution is 2.40. The molecule has 1 aromatic heterocycles. The third kappa shape index (κ3) is 6.31. The topological polar surface area (TPSA) is 143 Å². The number of hydrogen-bond donors (Lipinski definition) is 3. The molecule has 1 saturated heterocycles. The number of hydrogen-bond acceptors (Lipinski definition) is 8. The van der Waals surface area contributed by atoms with Gasteiger partial charge in [-0.3, -0.25) is 14.6 Å². The number of rotatable bonds is 7. The van der Waals surface area contributed by atoms with Crippen molar-refractivity contribution in [1.29, 1.82) is 0 Å². The lowest BCUT2D eigenvalue weighted by Gasteiger charge is -2.30. The molecule has 44 heavy (non-hydrogen) atoms. The Morgan fingerprint density at radius 2 is 2.05 bits per heavy atom. The number of aliphatic imine (C=N–C) groups is 1. The minimum Gasteiger partial charge on any atom is -0.499 e. The molecule has 13 heteroatoms. The number of carbonyl (C=O) groups excluding carboxylic acids is 2. The van der Waals surface area contributed by atoms with Crippen molar-refractivity contribution in [2.75, 3.05) is 20.2 Å². The largest absolute Gasteiger partial charge is 0.499 e. The summed E-state index contributed by atoms with van der Waals surface area (Å²) >= 11 is 0. The van der Waals surface area contributed by atoms with Crippen LogP contribution in [0.25, 0.3) is 5.57 Å². The Morgan fingerprint density at radius 3 is 2.73 bits per heavy atom. The first-order valence-electron chi connectivity index (χ1n) is 13.9. The van der Waals surface area contributed by atoms with Gasteiger partial charge in [0.15, 0.2) is 11.5 Å². The van der Waals surface area contributed by atoms with Gasteiger partial charge in [-0.25, -0.2) is 4.98 Å². The molecule has 2 unspecified atom stereocenters. The third-order valence-corrected chi connectivity index (χ3v) is 7.64. The van der Waals surface area contributed by atoms with Crippen LogP contribution in [-0.4, -0.2) is 71.0 Å². The summed E-state index contributed by atoms with van der Waals surface area (Å²) in [4.78, 5) is 36.2. The molecule has 0 radical (unpaired) electrons.